The molecule has 2 heterocycles. The second-order valence-corrected chi connectivity index (χ2v) is 4.38. The molecule has 1 aliphatic heterocycles. The van der Waals surface area contributed by atoms with E-state index in [-0.39, 0.29) is 43.2 Å². The van der Waals surface area contributed by atoms with E-state index >= 15 is 0 Å². The van der Waals surface area contributed by atoms with Gasteiger partial charge in [0.05, 0.1) is 0 Å². The monoisotopic (exact) mass is 369 g/mol. The van der Waals surface area contributed by atoms with Gasteiger partial charge < -0.3 is 10.1 Å². The summed E-state index contributed by atoms with van der Waals surface area (Å²) in [6.07, 6.45) is 6.54. The molecule has 1 aromatic heterocycles. The van der Waals surface area contributed by atoms with Crippen LogP contribution in [0.5, 0.6) is 0 Å². The summed E-state index contributed by atoms with van der Waals surface area (Å²) in [6.45, 7) is 5.29. The number of nitrogens with one attached hydrogen (secondary N) is 1. The van der Waals surface area contributed by atoms with E-state index in [2.05, 4.69) is 15.2 Å². The summed E-state index contributed by atoms with van der Waals surface area (Å²) in [4.78, 5) is 17.8. The zero-order chi connectivity index (χ0) is 13.3. The van der Waals surface area contributed by atoms with E-state index in [1.54, 1.807) is 18.5 Å². The van der Waals surface area contributed by atoms with Crippen molar-refractivity contribution in [1.29, 1.82) is 0 Å². The molecule has 1 saturated heterocycles. The van der Waals surface area contributed by atoms with E-state index in [4.69, 9.17) is 4.74 Å². The zero-order valence-corrected chi connectivity index (χ0v) is 14.6. The lowest BCUT2D eigenvalue weighted by Gasteiger charge is -2.26. The van der Waals surface area contributed by atoms with Crippen LogP contribution < -0.4 is 5.32 Å². The predicted molar refractivity (Wildman–Crippen MR) is 95.3 cm³/mol. The number of aromatic nitrogens is 1. The van der Waals surface area contributed by atoms with Crippen molar-refractivity contribution >= 4 is 49.3 Å². The summed E-state index contributed by atoms with van der Waals surface area (Å²) < 4.78 is 5.16. The molecule has 0 atom stereocenters. The third kappa shape index (κ3) is 9.23. The highest BCUT2D eigenvalue weighted by Gasteiger charge is 2.09. The largest absolute Gasteiger partial charge is 0.461 e. The van der Waals surface area contributed by atoms with E-state index in [0.717, 1.165) is 38.3 Å². The standard InChI is InChI=1S/C14H19N3O2.3ClH/c18-14(4-3-13-2-1-5-16-12-13)19-11-10-17-8-6-15-7-9-17;;;/h1-5,12,15H,6-11H2;3*1H/b4-3+;;;. The van der Waals surface area contributed by atoms with Gasteiger partial charge in [-0.25, -0.2) is 4.79 Å². The number of carbonyl (C=O) groups excluding carboxylic acids is 1. The van der Waals surface area contributed by atoms with Crippen molar-refractivity contribution in [3.63, 3.8) is 0 Å². The van der Waals surface area contributed by atoms with Gasteiger partial charge in [0, 0.05) is 51.2 Å². The van der Waals surface area contributed by atoms with E-state index in [0.29, 0.717) is 6.61 Å². The lowest BCUT2D eigenvalue weighted by molar-refractivity contribution is -0.138. The van der Waals surface area contributed by atoms with Gasteiger partial charge in [0.15, 0.2) is 0 Å². The molecule has 0 aliphatic carbocycles. The summed E-state index contributed by atoms with van der Waals surface area (Å²) in [5.41, 5.74) is 0.890. The zero-order valence-electron chi connectivity index (χ0n) is 12.1. The summed E-state index contributed by atoms with van der Waals surface area (Å²) in [5, 5.41) is 3.29. The Morgan fingerprint density at radius 1 is 1.32 bits per heavy atom. The van der Waals surface area contributed by atoms with Crippen LogP contribution in [0.1, 0.15) is 5.56 Å². The van der Waals surface area contributed by atoms with Gasteiger partial charge in [-0.2, -0.15) is 0 Å². The minimum atomic E-state index is -0.306. The molecule has 1 aromatic rings. The number of halogens is 3. The SMILES string of the molecule is Cl.Cl.Cl.O=C(/C=C/c1cccnc1)OCCN1CCNCC1. The number of pyridine rings is 1. The Morgan fingerprint density at radius 2 is 2.05 bits per heavy atom. The highest BCUT2D eigenvalue weighted by molar-refractivity contribution is 5.87. The van der Waals surface area contributed by atoms with Crippen LogP contribution >= 0.6 is 37.2 Å². The first-order chi connectivity index (χ1) is 9.34. The first kappa shape index (κ1) is 23.4. The van der Waals surface area contributed by atoms with Crippen LogP contribution in [-0.2, 0) is 9.53 Å². The van der Waals surface area contributed by atoms with Crippen LogP contribution in [-0.4, -0.2) is 55.2 Å². The van der Waals surface area contributed by atoms with Crippen molar-refractivity contribution in [2.24, 2.45) is 0 Å². The maximum absolute atomic E-state index is 11.5. The van der Waals surface area contributed by atoms with Crippen LogP contribution in [0, 0.1) is 0 Å². The second kappa shape index (κ2) is 13.8. The molecule has 0 radical (unpaired) electrons. The molecular weight excluding hydrogens is 349 g/mol. The fourth-order valence-electron chi connectivity index (χ4n) is 1.90. The van der Waals surface area contributed by atoms with Crippen molar-refractivity contribution in [1.82, 2.24) is 15.2 Å². The maximum atomic E-state index is 11.5. The quantitative estimate of drug-likeness (QED) is 0.633. The lowest BCUT2D eigenvalue weighted by Crippen LogP contribution is -2.44. The molecule has 0 unspecified atom stereocenters. The highest BCUT2D eigenvalue weighted by atomic mass is 35.5. The fraction of sp³-hybridized carbons (Fsp3) is 0.429. The normalized spacial score (nSPS) is 14.4. The highest BCUT2D eigenvalue weighted by Crippen LogP contribution is 1.99. The summed E-state index contributed by atoms with van der Waals surface area (Å²) >= 11 is 0. The fourth-order valence-corrected chi connectivity index (χ4v) is 1.90. The van der Waals surface area contributed by atoms with Crippen LogP contribution in [0.4, 0.5) is 0 Å². The third-order valence-corrected chi connectivity index (χ3v) is 2.96. The Labute approximate surface area is 149 Å². The molecule has 0 amide bonds. The van der Waals surface area contributed by atoms with Crippen LogP contribution in [0.25, 0.3) is 6.08 Å². The predicted octanol–water partition coefficient (Wildman–Crippen LogP) is 1.81. The van der Waals surface area contributed by atoms with E-state index in [1.165, 1.54) is 6.08 Å². The third-order valence-electron chi connectivity index (χ3n) is 2.96. The minimum Gasteiger partial charge on any atom is -0.461 e. The molecule has 0 bridgehead atoms. The molecule has 126 valence electrons. The molecule has 0 spiro atoms. The average molecular weight is 371 g/mol. The average Bonchev–Trinajstić information content (AvgIpc) is 2.47. The molecule has 1 N–H and O–H groups in total. The molecule has 5 nitrogen and oxygen atoms in total. The lowest BCUT2D eigenvalue weighted by atomic mass is 10.2. The van der Waals surface area contributed by atoms with Gasteiger partial charge in [-0.15, -0.1) is 37.2 Å². The number of hydrogen-bond acceptors (Lipinski definition) is 5. The van der Waals surface area contributed by atoms with Crippen molar-refractivity contribution in [2.45, 2.75) is 0 Å². The van der Waals surface area contributed by atoms with E-state index in [1.807, 2.05) is 12.1 Å². The molecule has 1 fully saturated rings. The maximum Gasteiger partial charge on any atom is 0.330 e. The molecule has 0 aromatic carbocycles. The van der Waals surface area contributed by atoms with E-state index < -0.39 is 0 Å². The number of carbonyl (C=O) groups is 1. The smallest absolute Gasteiger partial charge is 0.330 e. The van der Waals surface area contributed by atoms with Gasteiger partial charge in [0.2, 0.25) is 0 Å². The Kier molecular flexibility index (Phi) is 14.7. The summed E-state index contributed by atoms with van der Waals surface area (Å²) in [5.74, 6) is -0.306. The Balaban J connectivity index is 0. The number of esters is 1. The summed E-state index contributed by atoms with van der Waals surface area (Å²) in [6, 6.07) is 3.72. The van der Waals surface area contributed by atoms with Gasteiger partial charge in [0.25, 0.3) is 0 Å². The minimum absolute atomic E-state index is 0. The molecular formula is C14H22Cl3N3O2. The summed E-state index contributed by atoms with van der Waals surface area (Å²) in [7, 11) is 0. The Morgan fingerprint density at radius 3 is 2.68 bits per heavy atom. The van der Waals surface area contributed by atoms with Crippen LogP contribution in [0.2, 0.25) is 0 Å². The van der Waals surface area contributed by atoms with Gasteiger partial charge in [-0.05, 0) is 17.7 Å². The van der Waals surface area contributed by atoms with Crippen molar-refractivity contribution < 1.29 is 9.53 Å². The number of piperazine rings is 1. The van der Waals surface area contributed by atoms with Gasteiger partial charge >= 0.3 is 5.97 Å². The number of ether oxygens (including phenoxy) is 1. The Hall–Kier alpha value is -0.850. The van der Waals surface area contributed by atoms with Crippen molar-refractivity contribution in [2.75, 3.05) is 39.3 Å². The Bertz CT molecular complexity index is 427. The second-order valence-electron chi connectivity index (χ2n) is 4.38. The number of hydrogen-bond donors (Lipinski definition) is 1. The first-order valence-electron chi connectivity index (χ1n) is 6.52. The van der Waals surface area contributed by atoms with Crippen LogP contribution in [0.15, 0.2) is 30.6 Å². The van der Waals surface area contributed by atoms with E-state index in [9.17, 15) is 4.79 Å². The molecule has 22 heavy (non-hydrogen) atoms. The number of rotatable bonds is 5. The van der Waals surface area contributed by atoms with Gasteiger partial charge in [0.1, 0.15) is 6.61 Å². The molecule has 8 heteroatoms. The van der Waals surface area contributed by atoms with Crippen LogP contribution in [0.3, 0.4) is 0 Å². The first-order valence-corrected chi connectivity index (χ1v) is 6.52. The van der Waals surface area contributed by atoms with Crippen molar-refractivity contribution in [3.05, 3.63) is 36.2 Å². The molecule has 1 aliphatic rings. The molecule has 2 rings (SSSR count). The van der Waals surface area contributed by atoms with Gasteiger partial charge in [-0.1, -0.05) is 6.07 Å². The molecule has 0 saturated carbocycles. The van der Waals surface area contributed by atoms with Crippen molar-refractivity contribution in [3.8, 4) is 0 Å². The van der Waals surface area contributed by atoms with Gasteiger partial charge in [-0.3, -0.25) is 9.88 Å². The topological polar surface area (TPSA) is 54.5 Å². The number of nitrogens with zero attached hydrogens (tertiary/aromatic N) is 2.